The fourth-order valence-corrected chi connectivity index (χ4v) is 1.82. The van der Waals surface area contributed by atoms with E-state index in [4.69, 9.17) is 4.74 Å². The van der Waals surface area contributed by atoms with E-state index in [1.54, 1.807) is 43.3 Å². The molecule has 0 unspecified atom stereocenters. The molecule has 1 N–H and O–H groups in total. The Morgan fingerprint density at radius 3 is 2.91 bits per heavy atom. The van der Waals surface area contributed by atoms with Crippen molar-refractivity contribution in [2.75, 3.05) is 19.0 Å². The van der Waals surface area contributed by atoms with Crippen LogP contribution in [0.1, 0.15) is 5.56 Å². The van der Waals surface area contributed by atoms with Crippen LogP contribution in [0.2, 0.25) is 0 Å². The third-order valence-corrected chi connectivity index (χ3v) is 2.84. The summed E-state index contributed by atoms with van der Waals surface area (Å²) in [5.74, 6) is 0.248. The van der Waals surface area contributed by atoms with Crippen molar-refractivity contribution in [3.8, 4) is 5.88 Å². The van der Waals surface area contributed by atoms with Crippen molar-refractivity contribution >= 4 is 11.8 Å². The van der Waals surface area contributed by atoms with Crippen LogP contribution in [0.25, 0.3) is 0 Å². The van der Waals surface area contributed by atoms with Crippen LogP contribution in [-0.4, -0.2) is 45.8 Å². The molecule has 0 aliphatic heterocycles. The van der Waals surface area contributed by atoms with Crippen molar-refractivity contribution in [2.24, 2.45) is 7.05 Å². The molecule has 2 amide bonds. The lowest BCUT2D eigenvalue weighted by atomic mass is 10.3. The summed E-state index contributed by atoms with van der Waals surface area (Å²) in [4.78, 5) is 17.5. The zero-order chi connectivity index (χ0) is 16.8. The highest BCUT2D eigenvalue weighted by Gasteiger charge is 2.12. The van der Waals surface area contributed by atoms with E-state index in [1.807, 2.05) is 0 Å². The van der Waals surface area contributed by atoms with Crippen LogP contribution in [0.3, 0.4) is 0 Å². The molecule has 0 aromatic carbocycles. The van der Waals surface area contributed by atoms with Gasteiger partial charge in [-0.05, 0) is 6.07 Å². The molecule has 0 atom stereocenters. The number of halogens is 2. The second kappa shape index (κ2) is 7.52. The van der Waals surface area contributed by atoms with Gasteiger partial charge in [-0.1, -0.05) is 6.07 Å². The standard InChI is InChI=1S/C14H17F2N5O2/c1-20(7-10-6-17-21(2)8-10)14(22)19-12-4-3-5-13(18-12)23-9-11(15)16/h3-6,8,11H,7,9H2,1-2H3,(H,18,19,22). The van der Waals surface area contributed by atoms with E-state index in [9.17, 15) is 13.6 Å². The van der Waals surface area contributed by atoms with Crippen LogP contribution >= 0.6 is 0 Å². The van der Waals surface area contributed by atoms with Gasteiger partial charge in [0.2, 0.25) is 5.88 Å². The highest BCUT2D eigenvalue weighted by atomic mass is 19.3. The lowest BCUT2D eigenvalue weighted by molar-refractivity contribution is 0.0796. The number of aromatic nitrogens is 3. The first-order valence-corrected chi connectivity index (χ1v) is 6.81. The number of nitrogens with one attached hydrogen (secondary N) is 1. The average molecular weight is 325 g/mol. The lowest BCUT2D eigenvalue weighted by Gasteiger charge is -2.17. The maximum absolute atomic E-state index is 12.1. The number of aryl methyl sites for hydroxylation is 1. The number of nitrogens with zero attached hydrogens (tertiary/aromatic N) is 4. The number of ether oxygens (including phenoxy) is 1. The molecule has 7 nitrogen and oxygen atoms in total. The first-order valence-electron chi connectivity index (χ1n) is 6.81. The number of hydrogen-bond donors (Lipinski definition) is 1. The van der Waals surface area contributed by atoms with Gasteiger partial charge in [0, 0.05) is 31.9 Å². The van der Waals surface area contributed by atoms with Crippen molar-refractivity contribution in [1.29, 1.82) is 0 Å². The summed E-state index contributed by atoms with van der Waals surface area (Å²) in [6.45, 7) is -0.368. The molecule has 2 heterocycles. The van der Waals surface area contributed by atoms with E-state index in [0.717, 1.165) is 5.56 Å². The predicted molar refractivity (Wildman–Crippen MR) is 79.4 cm³/mol. The molecule has 2 rings (SSSR count). The van der Waals surface area contributed by atoms with Gasteiger partial charge < -0.3 is 9.64 Å². The maximum Gasteiger partial charge on any atom is 0.323 e. The third kappa shape index (κ3) is 5.20. The summed E-state index contributed by atoms with van der Waals surface area (Å²) in [5.41, 5.74) is 0.882. The Hall–Kier alpha value is -2.71. The van der Waals surface area contributed by atoms with E-state index >= 15 is 0 Å². The molecule has 0 saturated heterocycles. The zero-order valence-electron chi connectivity index (χ0n) is 12.7. The zero-order valence-corrected chi connectivity index (χ0v) is 12.7. The van der Waals surface area contributed by atoms with Crippen molar-refractivity contribution in [3.05, 3.63) is 36.2 Å². The Labute approximate surface area is 131 Å². The molecule has 0 radical (unpaired) electrons. The molecule has 124 valence electrons. The summed E-state index contributed by atoms with van der Waals surface area (Å²) in [5, 5.41) is 6.61. The monoisotopic (exact) mass is 325 g/mol. The summed E-state index contributed by atoms with van der Waals surface area (Å²) in [6, 6.07) is 4.17. The number of carbonyl (C=O) groups is 1. The highest BCUT2D eigenvalue weighted by molar-refractivity contribution is 5.88. The van der Waals surface area contributed by atoms with Crippen molar-refractivity contribution < 1.29 is 18.3 Å². The third-order valence-electron chi connectivity index (χ3n) is 2.84. The first-order chi connectivity index (χ1) is 10.9. The number of carbonyl (C=O) groups excluding carboxylic acids is 1. The largest absolute Gasteiger partial charge is 0.472 e. The first kappa shape index (κ1) is 16.7. The fourth-order valence-electron chi connectivity index (χ4n) is 1.82. The molecule has 0 spiro atoms. The van der Waals surface area contributed by atoms with Gasteiger partial charge in [0.1, 0.15) is 5.82 Å². The number of amides is 2. The van der Waals surface area contributed by atoms with Crippen LogP contribution in [0.5, 0.6) is 5.88 Å². The van der Waals surface area contributed by atoms with Crippen LogP contribution in [0, 0.1) is 0 Å². The minimum absolute atomic E-state index is 0.0259. The predicted octanol–water partition coefficient (Wildman–Crippen LogP) is 2.12. The normalized spacial score (nSPS) is 10.7. The highest BCUT2D eigenvalue weighted by Crippen LogP contribution is 2.13. The van der Waals surface area contributed by atoms with Gasteiger partial charge in [0.25, 0.3) is 6.43 Å². The molecule has 2 aromatic heterocycles. The van der Waals surface area contributed by atoms with Crippen LogP contribution in [0.4, 0.5) is 19.4 Å². The molecule has 23 heavy (non-hydrogen) atoms. The van der Waals surface area contributed by atoms with Crippen LogP contribution in [-0.2, 0) is 13.6 Å². The quantitative estimate of drug-likeness (QED) is 0.883. The van der Waals surface area contributed by atoms with Crippen molar-refractivity contribution in [2.45, 2.75) is 13.0 Å². The SMILES string of the molecule is CN(Cc1cnn(C)c1)C(=O)Nc1cccc(OCC(F)F)n1. The molecule has 0 bridgehead atoms. The Balaban J connectivity index is 1.92. The molecule has 2 aromatic rings. The smallest absolute Gasteiger partial charge is 0.323 e. The van der Waals surface area contributed by atoms with Crippen LogP contribution in [0.15, 0.2) is 30.6 Å². The lowest BCUT2D eigenvalue weighted by Crippen LogP contribution is -2.31. The van der Waals surface area contributed by atoms with Crippen LogP contribution < -0.4 is 10.1 Å². The number of alkyl halides is 2. The summed E-state index contributed by atoms with van der Waals surface area (Å²) >= 11 is 0. The minimum atomic E-state index is -2.58. The number of hydrogen-bond acceptors (Lipinski definition) is 4. The van der Waals surface area contributed by atoms with Crippen molar-refractivity contribution in [1.82, 2.24) is 19.7 Å². The second-order valence-electron chi connectivity index (χ2n) is 4.87. The van der Waals surface area contributed by atoms with Gasteiger partial charge in [-0.3, -0.25) is 10.00 Å². The van der Waals surface area contributed by atoms with Gasteiger partial charge >= 0.3 is 6.03 Å². The van der Waals surface area contributed by atoms with E-state index < -0.39 is 13.0 Å². The Morgan fingerprint density at radius 2 is 2.26 bits per heavy atom. The molecule has 0 aliphatic rings. The van der Waals surface area contributed by atoms with Gasteiger partial charge in [-0.25, -0.2) is 13.6 Å². The maximum atomic E-state index is 12.1. The van der Waals surface area contributed by atoms with Gasteiger partial charge in [-0.15, -0.1) is 0 Å². The summed E-state index contributed by atoms with van der Waals surface area (Å²) in [7, 11) is 3.41. The Kier molecular flexibility index (Phi) is 5.45. The molecule has 0 saturated carbocycles. The summed E-state index contributed by atoms with van der Waals surface area (Å²) in [6.07, 6.45) is 0.891. The number of pyridine rings is 1. The molecular weight excluding hydrogens is 308 g/mol. The number of urea groups is 1. The number of anilines is 1. The average Bonchev–Trinajstić information content (AvgIpc) is 2.90. The topological polar surface area (TPSA) is 72.3 Å². The molecule has 9 heteroatoms. The molecule has 0 fully saturated rings. The molecular formula is C14H17F2N5O2. The van der Waals surface area contributed by atoms with E-state index in [1.165, 1.54) is 11.0 Å². The van der Waals surface area contributed by atoms with E-state index in [-0.39, 0.29) is 17.7 Å². The molecule has 0 aliphatic carbocycles. The second-order valence-corrected chi connectivity index (χ2v) is 4.87. The van der Waals surface area contributed by atoms with Gasteiger partial charge in [0.15, 0.2) is 6.61 Å². The minimum Gasteiger partial charge on any atom is -0.472 e. The van der Waals surface area contributed by atoms with Gasteiger partial charge in [-0.2, -0.15) is 10.1 Å². The number of rotatable bonds is 6. The van der Waals surface area contributed by atoms with Gasteiger partial charge in [0.05, 0.1) is 12.7 Å². The van der Waals surface area contributed by atoms with E-state index in [2.05, 4.69) is 15.4 Å². The fraction of sp³-hybridized carbons (Fsp3) is 0.357. The summed E-state index contributed by atoms with van der Waals surface area (Å²) < 4.78 is 30.7. The van der Waals surface area contributed by atoms with Crippen molar-refractivity contribution in [3.63, 3.8) is 0 Å². The Bertz CT molecular complexity index is 662. The van der Waals surface area contributed by atoms with E-state index in [0.29, 0.717) is 6.54 Å². The Morgan fingerprint density at radius 1 is 1.48 bits per heavy atom.